The third kappa shape index (κ3) is 6.68. The molecule has 0 aliphatic carbocycles. The van der Waals surface area contributed by atoms with Gasteiger partial charge in [0, 0.05) is 0 Å². The van der Waals surface area contributed by atoms with Crippen LogP contribution in [0.15, 0.2) is 0 Å². The van der Waals surface area contributed by atoms with Crippen molar-refractivity contribution in [3.8, 4) is 0 Å². The van der Waals surface area contributed by atoms with Gasteiger partial charge in [-0.1, -0.05) is 34.8 Å². The quantitative estimate of drug-likeness (QED) is 0.461. The second kappa shape index (κ2) is 7.40. The average Bonchev–Trinajstić information content (AvgIpc) is 2.16. The Balaban J connectivity index is 0. The van der Waals surface area contributed by atoms with Gasteiger partial charge in [-0.3, -0.25) is 0 Å². The van der Waals surface area contributed by atoms with Gasteiger partial charge in [-0.25, -0.2) is 17.6 Å². The normalized spacial score (nSPS) is 19.3. The summed E-state index contributed by atoms with van der Waals surface area (Å²) in [4.78, 5) is 0. The molecule has 0 rings (SSSR count). The van der Waals surface area contributed by atoms with E-state index in [9.17, 15) is 35.1 Å². The predicted molar refractivity (Wildman–Crippen MR) is 52.9 cm³/mol. The number of alkyl halides is 12. The fraction of sp³-hybridized carbons (Fsp3) is 1.00. The Bertz CT molecular complexity index is 226. The lowest BCUT2D eigenvalue weighted by atomic mass is 10.4. The van der Waals surface area contributed by atoms with Gasteiger partial charge >= 0.3 is 11.3 Å². The molecule has 3 atom stereocenters. The summed E-state index contributed by atoms with van der Waals surface area (Å²) < 4.78 is 92.2. The molecule has 0 saturated carbocycles. The maximum atomic E-state index is 11.8. The molecule has 0 aliphatic heterocycles. The molecule has 112 valence electrons. The summed E-state index contributed by atoms with van der Waals surface area (Å²) in [7, 11) is 0. The minimum Gasteiger partial charge on any atom is -0.246 e. The van der Waals surface area contributed by atoms with Crippen LogP contribution in [0, 0.1) is 0 Å². The van der Waals surface area contributed by atoms with Crippen LogP contribution in [0.5, 0.6) is 0 Å². The Labute approximate surface area is 116 Å². The average molecular weight is 370 g/mol. The molecule has 0 radical (unpaired) electrons. The van der Waals surface area contributed by atoms with Crippen molar-refractivity contribution in [2.24, 2.45) is 0 Å². The van der Waals surface area contributed by atoms with E-state index >= 15 is 0 Å². The summed E-state index contributed by atoms with van der Waals surface area (Å²) >= 11 is 16.8. The van der Waals surface area contributed by atoms with Crippen molar-refractivity contribution in [2.45, 2.75) is 27.7 Å². The van der Waals surface area contributed by atoms with Gasteiger partial charge in [0.15, 0.2) is 0 Å². The van der Waals surface area contributed by atoms with Crippen molar-refractivity contribution in [1.29, 1.82) is 0 Å². The lowest BCUT2D eigenvalue weighted by Crippen LogP contribution is -2.36. The lowest BCUT2D eigenvalue weighted by molar-refractivity contribution is -0.0741. The fourth-order valence-corrected chi connectivity index (χ4v) is 0.507. The van der Waals surface area contributed by atoms with E-state index < -0.39 is 34.4 Å². The van der Waals surface area contributed by atoms with Gasteiger partial charge in [0.2, 0.25) is 11.3 Å². The summed E-state index contributed by atoms with van der Waals surface area (Å²) in [5, 5.41) is -8.14. The first-order valence-electron chi connectivity index (χ1n) is 3.64. The first-order valence-corrected chi connectivity index (χ1v) is 5.27. The van der Waals surface area contributed by atoms with Crippen molar-refractivity contribution in [3.63, 3.8) is 0 Å². The molecule has 0 aliphatic rings. The van der Waals surface area contributed by atoms with Crippen LogP contribution in [-0.2, 0) is 0 Å². The monoisotopic (exact) mass is 368 g/mol. The van der Waals surface area contributed by atoms with E-state index in [-0.39, 0.29) is 0 Å². The standard InChI is InChI=1S/2C3H2Cl2F4/c4-1(6)3(8,9)2(5)7;4-2(7,1-6)3(5,8)9/h1-2H;1H2. The van der Waals surface area contributed by atoms with Crippen LogP contribution in [0.4, 0.5) is 35.1 Å². The molecule has 18 heavy (non-hydrogen) atoms. The molecule has 0 aromatic heterocycles. The maximum Gasteiger partial charge on any atom is 0.371 e. The van der Waals surface area contributed by atoms with Crippen LogP contribution in [0.2, 0.25) is 0 Å². The Morgan fingerprint density at radius 3 is 1.11 bits per heavy atom. The van der Waals surface area contributed by atoms with Crippen LogP contribution >= 0.6 is 46.4 Å². The molecule has 0 fully saturated rings. The molecule has 0 heterocycles. The van der Waals surface area contributed by atoms with Gasteiger partial charge in [-0.15, -0.1) is 0 Å². The zero-order valence-electron chi connectivity index (χ0n) is 7.90. The SMILES string of the molecule is FC(Cl)C(F)(F)C(F)Cl.FCC(F)(Cl)C(F)(F)Cl. The zero-order chi connectivity index (χ0) is 15.4. The highest BCUT2D eigenvalue weighted by Gasteiger charge is 2.52. The van der Waals surface area contributed by atoms with E-state index in [4.69, 9.17) is 0 Å². The van der Waals surface area contributed by atoms with Crippen molar-refractivity contribution in [1.82, 2.24) is 0 Å². The largest absolute Gasteiger partial charge is 0.371 e. The van der Waals surface area contributed by atoms with Crippen LogP contribution in [0.1, 0.15) is 0 Å². The fourth-order valence-electron chi connectivity index (χ4n) is 0.171. The van der Waals surface area contributed by atoms with Crippen LogP contribution in [0.25, 0.3) is 0 Å². The molecule has 0 N–H and O–H groups in total. The van der Waals surface area contributed by atoms with E-state index in [0.717, 1.165) is 0 Å². The maximum absolute atomic E-state index is 11.8. The Morgan fingerprint density at radius 1 is 0.833 bits per heavy atom. The van der Waals surface area contributed by atoms with Gasteiger partial charge in [-0.05, 0) is 11.6 Å². The van der Waals surface area contributed by atoms with E-state index in [2.05, 4.69) is 46.4 Å². The van der Waals surface area contributed by atoms with Crippen LogP contribution in [-0.4, -0.2) is 34.4 Å². The Hall–Kier alpha value is 0.600. The van der Waals surface area contributed by atoms with E-state index in [1.54, 1.807) is 0 Å². The van der Waals surface area contributed by atoms with Crippen molar-refractivity contribution < 1.29 is 35.1 Å². The summed E-state index contributed by atoms with van der Waals surface area (Å²) in [6.07, 6.45) is 0. The van der Waals surface area contributed by atoms with E-state index in [1.165, 1.54) is 0 Å². The number of rotatable bonds is 4. The summed E-state index contributed by atoms with van der Waals surface area (Å²) in [6, 6.07) is 0. The molecule has 12 heteroatoms. The highest BCUT2D eigenvalue weighted by molar-refractivity contribution is 6.32. The minimum absolute atomic E-state index is 2.02. The second-order valence-corrected chi connectivity index (χ2v) is 4.45. The lowest BCUT2D eigenvalue weighted by Gasteiger charge is -2.18. The number of halogens is 12. The summed E-state index contributed by atoms with van der Waals surface area (Å²) in [6.45, 7) is -2.02. The van der Waals surface area contributed by atoms with Gasteiger partial charge in [0.25, 0.3) is 5.13 Å². The van der Waals surface area contributed by atoms with Crippen molar-refractivity contribution in [2.75, 3.05) is 6.67 Å². The molecule has 0 bridgehead atoms. The molecular formula is C6H4Cl4F8. The molecule has 0 saturated heterocycles. The second-order valence-electron chi connectivity index (χ2n) is 2.61. The van der Waals surface area contributed by atoms with Gasteiger partial charge < -0.3 is 0 Å². The predicted octanol–water partition coefficient (Wildman–Crippen LogP) is 5.38. The first kappa shape index (κ1) is 20.9. The van der Waals surface area contributed by atoms with Crippen molar-refractivity contribution in [3.05, 3.63) is 0 Å². The topological polar surface area (TPSA) is 0 Å². The highest BCUT2D eigenvalue weighted by Crippen LogP contribution is 2.39. The third-order valence-corrected chi connectivity index (χ3v) is 2.48. The Morgan fingerprint density at radius 2 is 1.11 bits per heavy atom. The Kier molecular flexibility index (Phi) is 8.60. The molecule has 0 aromatic carbocycles. The zero-order valence-corrected chi connectivity index (χ0v) is 10.9. The van der Waals surface area contributed by atoms with E-state index in [1.807, 2.05) is 0 Å². The van der Waals surface area contributed by atoms with Crippen LogP contribution < -0.4 is 0 Å². The smallest absolute Gasteiger partial charge is 0.246 e. The highest BCUT2D eigenvalue weighted by atomic mass is 35.5. The molecule has 0 amide bonds. The van der Waals surface area contributed by atoms with Gasteiger partial charge in [0.1, 0.15) is 6.67 Å². The first-order chi connectivity index (χ1) is 7.70. The summed E-state index contributed by atoms with van der Waals surface area (Å²) in [5.41, 5.74) is -6.16. The van der Waals surface area contributed by atoms with Crippen LogP contribution in [0.3, 0.4) is 0 Å². The van der Waals surface area contributed by atoms with Gasteiger partial charge in [-0.2, -0.15) is 17.6 Å². The van der Waals surface area contributed by atoms with Crippen molar-refractivity contribution >= 4 is 46.4 Å². The van der Waals surface area contributed by atoms with E-state index in [0.29, 0.717) is 0 Å². The molecule has 0 nitrogen and oxygen atoms in total. The van der Waals surface area contributed by atoms with Gasteiger partial charge in [0.05, 0.1) is 0 Å². The summed E-state index contributed by atoms with van der Waals surface area (Å²) in [5.74, 6) is -4.30. The molecule has 3 unspecified atom stereocenters. The molecular weight excluding hydrogens is 366 g/mol. The molecule has 0 spiro atoms. The number of hydrogen-bond donors (Lipinski definition) is 0. The third-order valence-electron chi connectivity index (χ3n) is 1.16. The minimum atomic E-state index is -4.36. The number of hydrogen-bond acceptors (Lipinski definition) is 0. The molecule has 0 aromatic rings.